The van der Waals surface area contributed by atoms with Gasteiger partial charge in [-0.05, 0) is 48.7 Å². The molecule has 2 amide bonds. The van der Waals surface area contributed by atoms with Gasteiger partial charge in [0.25, 0.3) is 5.91 Å². The molecule has 3 N–H and O–H groups in total. The number of carbonyl (C=O) groups excluding carboxylic acids is 2. The van der Waals surface area contributed by atoms with Crippen molar-refractivity contribution in [1.29, 1.82) is 0 Å². The van der Waals surface area contributed by atoms with Gasteiger partial charge < -0.3 is 16.0 Å². The summed E-state index contributed by atoms with van der Waals surface area (Å²) in [5, 5.41) is 2.73. The average molecular weight is 383 g/mol. The number of hydrogen-bond donors (Lipinski definition) is 2. The van der Waals surface area contributed by atoms with Crippen molar-refractivity contribution in [2.75, 3.05) is 5.32 Å². The van der Waals surface area contributed by atoms with E-state index >= 15 is 0 Å². The molecule has 2 aromatic rings. The summed E-state index contributed by atoms with van der Waals surface area (Å²) in [5.74, 6) is -0.782. The molecule has 1 aliphatic rings. The second kappa shape index (κ2) is 8.97. The molecule has 2 atom stereocenters. The molecule has 0 aromatic heterocycles. The van der Waals surface area contributed by atoms with Gasteiger partial charge in [0.1, 0.15) is 5.82 Å². The van der Waals surface area contributed by atoms with Crippen molar-refractivity contribution in [1.82, 2.24) is 4.90 Å². The number of rotatable bonds is 5. The standard InChI is InChI=1S/C22H26FN3O2/c1-15(27)25-19-11-9-16(10-12-19)14-26(21-8-3-2-7-20(21)24)22(28)17-5-4-6-18(23)13-17/h4-6,9-13,20-21H,2-3,7-8,14,24H2,1H3,(H,25,27). The van der Waals surface area contributed by atoms with E-state index in [1.807, 2.05) is 24.3 Å². The number of amides is 2. The van der Waals surface area contributed by atoms with Gasteiger partial charge in [-0.15, -0.1) is 0 Å². The maximum atomic E-state index is 13.7. The van der Waals surface area contributed by atoms with Crippen LogP contribution in [0.1, 0.15) is 48.5 Å². The molecular weight excluding hydrogens is 357 g/mol. The third-order valence-electron chi connectivity index (χ3n) is 5.14. The zero-order chi connectivity index (χ0) is 20.1. The van der Waals surface area contributed by atoms with Crippen LogP contribution in [0.3, 0.4) is 0 Å². The Kier molecular flexibility index (Phi) is 6.41. The van der Waals surface area contributed by atoms with Gasteiger partial charge in [-0.1, -0.05) is 31.0 Å². The van der Waals surface area contributed by atoms with E-state index in [2.05, 4.69) is 5.32 Å². The molecule has 28 heavy (non-hydrogen) atoms. The summed E-state index contributed by atoms with van der Waals surface area (Å²) < 4.78 is 13.7. The van der Waals surface area contributed by atoms with Crippen LogP contribution in [0.2, 0.25) is 0 Å². The fourth-order valence-corrected chi connectivity index (χ4v) is 3.75. The summed E-state index contributed by atoms with van der Waals surface area (Å²) in [4.78, 5) is 26.2. The van der Waals surface area contributed by atoms with Crippen molar-refractivity contribution in [3.63, 3.8) is 0 Å². The van der Waals surface area contributed by atoms with Crippen LogP contribution in [0.15, 0.2) is 48.5 Å². The number of benzene rings is 2. The monoisotopic (exact) mass is 383 g/mol. The second-order valence-corrected chi connectivity index (χ2v) is 7.34. The van der Waals surface area contributed by atoms with Gasteiger partial charge in [0.15, 0.2) is 0 Å². The lowest BCUT2D eigenvalue weighted by molar-refractivity contribution is -0.114. The first-order chi connectivity index (χ1) is 13.4. The van der Waals surface area contributed by atoms with Crippen molar-refractivity contribution in [2.45, 2.75) is 51.2 Å². The van der Waals surface area contributed by atoms with E-state index in [1.165, 1.54) is 19.1 Å². The Labute approximate surface area is 164 Å². The molecule has 0 radical (unpaired) electrons. The fourth-order valence-electron chi connectivity index (χ4n) is 3.75. The van der Waals surface area contributed by atoms with Crippen LogP contribution in [0, 0.1) is 5.82 Å². The van der Waals surface area contributed by atoms with Crippen LogP contribution in [0.4, 0.5) is 10.1 Å². The number of nitrogens with one attached hydrogen (secondary N) is 1. The summed E-state index contributed by atoms with van der Waals surface area (Å²) in [6.07, 6.45) is 3.79. The van der Waals surface area contributed by atoms with Gasteiger partial charge in [-0.2, -0.15) is 0 Å². The predicted molar refractivity (Wildman–Crippen MR) is 107 cm³/mol. The molecule has 2 aromatic carbocycles. The van der Waals surface area contributed by atoms with Crippen molar-refractivity contribution < 1.29 is 14.0 Å². The predicted octanol–water partition coefficient (Wildman–Crippen LogP) is 3.70. The highest BCUT2D eigenvalue weighted by Gasteiger charge is 2.31. The molecule has 1 aliphatic carbocycles. The molecule has 0 heterocycles. The molecule has 0 spiro atoms. The second-order valence-electron chi connectivity index (χ2n) is 7.34. The summed E-state index contributed by atoms with van der Waals surface area (Å²) >= 11 is 0. The Morgan fingerprint density at radius 2 is 1.86 bits per heavy atom. The highest BCUT2D eigenvalue weighted by atomic mass is 19.1. The highest BCUT2D eigenvalue weighted by molar-refractivity contribution is 5.94. The smallest absolute Gasteiger partial charge is 0.254 e. The maximum Gasteiger partial charge on any atom is 0.254 e. The number of halogens is 1. The number of anilines is 1. The normalized spacial score (nSPS) is 19.1. The molecule has 1 fully saturated rings. The molecule has 0 aliphatic heterocycles. The Morgan fingerprint density at radius 1 is 1.14 bits per heavy atom. The first kappa shape index (κ1) is 20.0. The van der Waals surface area contributed by atoms with Gasteiger partial charge in [-0.25, -0.2) is 4.39 Å². The number of hydrogen-bond acceptors (Lipinski definition) is 3. The van der Waals surface area contributed by atoms with Gasteiger partial charge in [0.2, 0.25) is 5.91 Å². The van der Waals surface area contributed by atoms with Crippen molar-refractivity contribution in [2.24, 2.45) is 5.73 Å². The molecular formula is C22H26FN3O2. The lowest BCUT2D eigenvalue weighted by Gasteiger charge is -2.38. The van der Waals surface area contributed by atoms with Crippen LogP contribution >= 0.6 is 0 Å². The lowest BCUT2D eigenvalue weighted by Crippen LogP contribution is -2.51. The highest BCUT2D eigenvalue weighted by Crippen LogP contribution is 2.26. The number of carbonyl (C=O) groups is 2. The summed E-state index contributed by atoms with van der Waals surface area (Å²) in [5.41, 5.74) is 8.30. The summed E-state index contributed by atoms with van der Waals surface area (Å²) in [6, 6.07) is 13.0. The molecule has 1 saturated carbocycles. The molecule has 148 valence electrons. The SMILES string of the molecule is CC(=O)Nc1ccc(CN(C(=O)c2cccc(F)c2)C2CCCCC2N)cc1. The molecule has 5 nitrogen and oxygen atoms in total. The molecule has 6 heteroatoms. The summed E-state index contributed by atoms with van der Waals surface area (Å²) in [6.45, 7) is 1.84. The third kappa shape index (κ3) is 4.95. The minimum absolute atomic E-state index is 0.0838. The minimum atomic E-state index is -0.432. The number of nitrogens with two attached hydrogens (primary N) is 1. The van der Waals surface area contributed by atoms with E-state index in [0.717, 1.165) is 31.2 Å². The third-order valence-corrected chi connectivity index (χ3v) is 5.14. The van der Waals surface area contributed by atoms with Gasteiger partial charge in [0.05, 0.1) is 0 Å². The largest absolute Gasteiger partial charge is 0.330 e. The van der Waals surface area contributed by atoms with E-state index < -0.39 is 5.82 Å². The fraction of sp³-hybridized carbons (Fsp3) is 0.364. The van der Waals surface area contributed by atoms with Crippen LogP contribution in [-0.4, -0.2) is 28.8 Å². The maximum absolute atomic E-state index is 13.7. The molecule has 0 bridgehead atoms. The lowest BCUT2D eigenvalue weighted by atomic mass is 9.89. The first-order valence-corrected chi connectivity index (χ1v) is 9.62. The first-order valence-electron chi connectivity index (χ1n) is 9.62. The zero-order valence-corrected chi connectivity index (χ0v) is 16.0. The van der Waals surface area contributed by atoms with Gasteiger partial charge in [-0.3, -0.25) is 9.59 Å². The Morgan fingerprint density at radius 3 is 2.50 bits per heavy atom. The van der Waals surface area contributed by atoms with Gasteiger partial charge >= 0.3 is 0 Å². The Balaban J connectivity index is 1.85. The van der Waals surface area contributed by atoms with Crippen LogP contribution in [0.5, 0.6) is 0 Å². The quantitative estimate of drug-likeness (QED) is 0.827. The molecule has 0 saturated heterocycles. The van der Waals surface area contributed by atoms with Crippen LogP contribution in [-0.2, 0) is 11.3 Å². The van der Waals surface area contributed by atoms with E-state index in [-0.39, 0.29) is 23.9 Å². The summed E-state index contributed by atoms with van der Waals surface area (Å²) in [7, 11) is 0. The minimum Gasteiger partial charge on any atom is -0.330 e. The number of nitrogens with zero attached hydrogens (tertiary/aromatic N) is 1. The Hall–Kier alpha value is -2.73. The van der Waals surface area contributed by atoms with E-state index in [4.69, 9.17) is 5.73 Å². The molecule has 2 unspecified atom stereocenters. The van der Waals surface area contributed by atoms with Crippen molar-refractivity contribution >= 4 is 17.5 Å². The van der Waals surface area contributed by atoms with Crippen LogP contribution in [0.25, 0.3) is 0 Å². The van der Waals surface area contributed by atoms with Crippen LogP contribution < -0.4 is 11.1 Å². The van der Waals surface area contributed by atoms with E-state index in [9.17, 15) is 14.0 Å². The zero-order valence-electron chi connectivity index (χ0n) is 16.0. The molecule has 3 rings (SSSR count). The van der Waals surface area contributed by atoms with E-state index in [1.54, 1.807) is 17.0 Å². The van der Waals surface area contributed by atoms with Crippen molar-refractivity contribution in [3.8, 4) is 0 Å². The average Bonchev–Trinajstić information content (AvgIpc) is 2.67. The van der Waals surface area contributed by atoms with Crippen molar-refractivity contribution in [3.05, 3.63) is 65.5 Å². The van der Waals surface area contributed by atoms with E-state index in [0.29, 0.717) is 17.8 Å². The van der Waals surface area contributed by atoms with Gasteiger partial charge in [0, 0.05) is 36.8 Å². The topological polar surface area (TPSA) is 75.4 Å². The Bertz CT molecular complexity index is 838.